The van der Waals surface area contributed by atoms with Gasteiger partial charge in [0.25, 0.3) is 0 Å². The van der Waals surface area contributed by atoms with Crippen molar-refractivity contribution in [1.29, 1.82) is 0 Å². The third-order valence-electron chi connectivity index (χ3n) is 3.52. The number of hydrogen-bond acceptors (Lipinski definition) is 2. The lowest BCUT2D eigenvalue weighted by molar-refractivity contribution is -0.131. The molecule has 19 heavy (non-hydrogen) atoms. The SMILES string of the molecule is CC1=CC(=O)CC(C)(C)C1C(C)=C/C(C)=C\C(=O)O. The van der Waals surface area contributed by atoms with Crippen LogP contribution in [0.15, 0.2) is 34.9 Å². The van der Waals surface area contributed by atoms with Gasteiger partial charge in [-0.25, -0.2) is 4.79 Å². The van der Waals surface area contributed by atoms with Gasteiger partial charge in [-0.3, -0.25) is 4.79 Å². The van der Waals surface area contributed by atoms with Gasteiger partial charge in [0.2, 0.25) is 0 Å². The summed E-state index contributed by atoms with van der Waals surface area (Å²) in [6.45, 7) is 9.91. The molecular weight excluding hydrogens is 240 g/mol. The summed E-state index contributed by atoms with van der Waals surface area (Å²) in [4.78, 5) is 22.3. The molecule has 3 heteroatoms. The number of carboxylic acids is 1. The fourth-order valence-electron chi connectivity index (χ4n) is 3.21. The average Bonchev–Trinajstić information content (AvgIpc) is 2.10. The molecule has 1 N–H and O–H groups in total. The molecular formula is C16H22O3. The normalized spacial score (nSPS) is 24.2. The van der Waals surface area contributed by atoms with Crippen molar-refractivity contribution in [3.8, 4) is 0 Å². The maximum absolute atomic E-state index is 11.6. The van der Waals surface area contributed by atoms with E-state index in [9.17, 15) is 9.59 Å². The fraction of sp³-hybridized carbons (Fsp3) is 0.500. The van der Waals surface area contributed by atoms with E-state index in [1.165, 1.54) is 6.08 Å². The number of carbonyl (C=O) groups excluding carboxylic acids is 1. The van der Waals surface area contributed by atoms with E-state index < -0.39 is 5.97 Å². The van der Waals surface area contributed by atoms with E-state index in [1.807, 2.05) is 19.9 Å². The standard InChI is InChI=1S/C16H22O3/c1-10(7-14(18)19)6-11(2)15-12(3)8-13(17)9-16(15,4)5/h6-8,15H,9H2,1-5H3,(H,18,19)/b10-7-,11-6?. The van der Waals surface area contributed by atoms with Crippen LogP contribution in [0.25, 0.3) is 0 Å². The molecule has 104 valence electrons. The van der Waals surface area contributed by atoms with Gasteiger partial charge in [-0.1, -0.05) is 31.1 Å². The van der Waals surface area contributed by atoms with Crippen molar-refractivity contribution < 1.29 is 14.7 Å². The molecule has 0 spiro atoms. The molecule has 0 radical (unpaired) electrons. The average molecular weight is 262 g/mol. The molecule has 1 rings (SSSR count). The van der Waals surface area contributed by atoms with E-state index in [4.69, 9.17) is 5.11 Å². The topological polar surface area (TPSA) is 54.4 Å². The predicted octanol–water partition coefficient (Wildman–Crippen LogP) is 3.53. The molecule has 0 aromatic carbocycles. The number of carboxylic acid groups (broad SMARTS) is 1. The number of ketones is 1. The maximum Gasteiger partial charge on any atom is 0.328 e. The quantitative estimate of drug-likeness (QED) is 0.625. The first-order chi connectivity index (χ1) is 8.63. The molecule has 0 heterocycles. The Hall–Kier alpha value is -1.64. The highest BCUT2D eigenvalue weighted by Gasteiger charge is 2.36. The Balaban J connectivity index is 3.13. The Labute approximate surface area is 114 Å². The van der Waals surface area contributed by atoms with Crippen LogP contribution in [0.5, 0.6) is 0 Å². The van der Waals surface area contributed by atoms with Crippen molar-refractivity contribution in [3.63, 3.8) is 0 Å². The second-order valence-electron chi connectivity index (χ2n) is 6.07. The molecule has 0 aromatic rings. The summed E-state index contributed by atoms with van der Waals surface area (Å²) in [5.41, 5.74) is 2.74. The molecule has 0 saturated heterocycles. The highest BCUT2D eigenvalue weighted by molar-refractivity contribution is 5.92. The summed E-state index contributed by atoms with van der Waals surface area (Å²) < 4.78 is 0. The largest absolute Gasteiger partial charge is 0.478 e. The molecule has 3 nitrogen and oxygen atoms in total. The maximum atomic E-state index is 11.6. The van der Waals surface area contributed by atoms with E-state index in [0.717, 1.165) is 11.1 Å². The van der Waals surface area contributed by atoms with Crippen LogP contribution in [-0.2, 0) is 9.59 Å². The first kappa shape index (κ1) is 15.4. The Morgan fingerprint density at radius 1 is 1.37 bits per heavy atom. The highest BCUT2D eigenvalue weighted by Crippen LogP contribution is 2.43. The van der Waals surface area contributed by atoms with E-state index in [2.05, 4.69) is 13.8 Å². The van der Waals surface area contributed by atoms with Crippen LogP contribution in [0.4, 0.5) is 0 Å². The number of carbonyl (C=O) groups is 2. The van der Waals surface area contributed by atoms with Crippen molar-refractivity contribution in [2.45, 2.75) is 41.0 Å². The van der Waals surface area contributed by atoms with E-state index in [0.29, 0.717) is 12.0 Å². The fourth-order valence-corrected chi connectivity index (χ4v) is 3.21. The molecule has 1 aliphatic rings. The summed E-state index contributed by atoms with van der Waals surface area (Å²) in [7, 11) is 0. The lowest BCUT2D eigenvalue weighted by Crippen LogP contribution is -2.32. The molecule has 1 aliphatic carbocycles. The van der Waals surface area contributed by atoms with Gasteiger partial charge in [0, 0.05) is 18.4 Å². The second-order valence-corrected chi connectivity index (χ2v) is 6.07. The van der Waals surface area contributed by atoms with Gasteiger partial charge in [-0.15, -0.1) is 0 Å². The molecule has 0 fully saturated rings. The van der Waals surface area contributed by atoms with Gasteiger partial charge >= 0.3 is 5.97 Å². The monoisotopic (exact) mass is 262 g/mol. The van der Waals surface area contributed by atoms with Gasteiger partial charge in [-0.2, -0.15) is 0 Å². The van der Waals surface area contributed by atoms with Crippen molar-refractivity contribution in [1.82, 2.24) is 0 Å². The third kappa shape index (κ3) is 3.91. The highest BCUT2D eigenvalue weighted by atomic mass is 16.4. The molecule has 0 aromatic heterocycles. The van der Waals surface area contributed by atoms with Gasteiger partial charge in [-0.05, 0) is 37.8 Å². The minimum atomic E-state index is -0.938. The van der Waals surface area contributed by atoms with Crippen LogP contribution in [0.2, 0.25) is 0 Å². The summed E-state index contributed by atoms with van der Waals surface area (Å²) >= 11 is 0. The van der Waals surface area contributed by atoms with Gasteiger partial charge in [0.1, 0.15) is 0 Å². The van der Waals surface area contributed by atoms with Crippen LogP contribution in [0.3, 0.4) is 0 Å². The smallest absolute Gasteiger partial charge is 0.328 e. The number of rotatable bonds is 3. The Morgan fingerprint density at radius 2 is 1.95 bits per heavy atom. The van der Waals surface area contributed by atoms with Crippen LogP contribution < -0.4 is 0 Å². The van der Waals surface area contributed by atoms with E-state index in [-0.39, 0.29) is 17.1 Å². The van der Waals surface area contributed by atoms with Crippen molar-refractivity contribution in [2.24, 2.45) is 11.3 Å². The predicted molar refractivity (Wildman–Crippen MR) is 75.8 cm³/mol. The van der Waals surface area contributed by atoms with Gasteiger partial charge in [0.15, 0.2) is 5.78 Å². The van der Waals surface area contributed by atoms with Crippen LogP contribution in [0, 0.1) is 11.3 Å². The third-order valence-corrected chi connectivity index (χ3v) is 3.52. The summed E-state index contributed by atoms with van der Waals surface area (Å²) in [5, 5.41) is 8.73. The first-order valence-electron chi connectivity index (χ1n) is 6.44. The Morgan fingerprint density at radius 3 is 2.42 bits per heavy atom. The lowest BCUT2D eigenvalue weighted by atomic mass is 9.65. The number of allylic oxidation sites excluding steroid dienone is 5. The second kappa shape index (κ2) is 5.55. The molecule has 1 unspecified atom stereocenters. The number of hydrogen-bond donors (Lipinski definition) is 1. The van der Waals surface area contributed by atoms with Crippen LogP contribution in [0.1, 0.15) is 41.0 Å². The zero-order valence-electron chi connectivity index (χ0n) is 12.3. The van der Waals surface area contributed by atoms with E-state index >= 15 is 0 Å². The van der Waals surface area contributed by atoms with Crippen molar-refractivity contribution in [3.05, 3.63) is 34.9 Å². The zero-order chi connectivity index (χ0) is 14.8. The Kier molecular flexibility index (Phi) is 4.51. The molecule has 0 bridgehead atoms. The molecule has 0 saturated carbocycles. The minimum absolute atomic E-state index is 0.125. The molecule has 0 aliphatic heterocycles. The molecule has 1 atom stereocenters. The van der Waals surface area contributed by atoms with Crippen LogP contribution in [-0.4, -0.2) is 16.9 Å². The van der Waals surface area contributed by atoms with Gasteiger partial charge in [0.05, 0.1) is 0 Å². The lowest BCUT2D eigenvalue weighted by Gasteiger charge is -2.38. The number of aliphatic carboxylic acids is 1. The summed E-state index contributed by atoms with van der Waals surface area (Å²) in [5.74, 6) is -0.585. The van der Waals surface area contributed by atoms with Gasteiger partial charge < -0.3 is 5.11 Å². The zero-order valence-corrected chi connectivity index (χ0v) is 12.3. The minimum Gasteiger partial charge on any atom is -0.478 e. The summed E-state index contributed by atoms with van der Waals surface area (Å²) in [6, 6.07) is 0. The van der Waals surface area contributed by atoms with Crippen molar-refractivity contribution in [2.75, 3.05) is 0 Å². The first-order valence-corrected chi connectivity index (χ1v) is 6.44. The summed E-state index contributed by atoms with van der Waals surface area (Å²) in [6.07, 6.45) is 5.34. The van der Waals surface area contributed by atoms with E-state index in [1.54, 1.807) is 13.0 Å². The van der Waals surface area contributed by atoms with Crippen molar-refractivity contribution >= 4 is 11.8 Å². The van der Waals surface area contributed by atoms with Crippen LogP contribution >= 0.6 is 0 Å². The molecule has 0 amide bonds. The Bertz CT molecular complexity index is 490.